The second-order valence-electron chi connectivity index (χ2n) is 1.94. The quantitative estimate of drug-likeness (QED) is 0.474. The molecule has 56 valence electrons. The highest BCUT2D eigenvalue weighted by Crippen LogP contribution is 2.28. The highest BCUT2D eigenvalue weighted by molar-refractivity contribution is 7.15. The van der Waals surface area contributed by atoms with Crippen molar-refractivity contribution in [1.29, 1.82) is 5.26 Å². The minimum absolute atomic E-state index is 0.0648. The zero-order valence-electron chi connectivity index (χ0n) is 5.70. The minimum Gasteiger partial charge on any atom is -0.258 e. The molecule has 11 heavy (non-hydrogen) atoms. The van der Waals surface area contributed by atoms with Gasteiger partial charge in [-0.3, -0.25) is 10.1 Å². The van der Waals surface area contributed by atoms with E-state index in [0.29, 0.717) is 0 Å². The average Bonchev–Trinajstić information content (AvgIpc) is 2.30. The lowest BCUT2D eigenvalue weighted by Gasteiger charge is -1.81. The maximum atomic E-state index is 10.3. The van der Waals surface area contributed by atoms with Gasteiger partial charge < -0.3 is 0 Å². The van der Waals surface area contributed by atoms with Gasteiger partial charge in [0.25, 0.3) is 0 Å². The van der Waals surface area contributed by atoms with Gasteiger partial charge in [-0.2, -0.15) is 5.26 Å². The van der Waals surface area contributed by atoms with Crippen LogP contribution in [0, 0.1) is 28.4 Å². The number of nitriles is 1. The standard InChI is InChI=1S/C6H4N2O2S/c1-4-2-5(3-7)6(11-4)8(9)10/h2H,1H3. The Balaban J connectivity index is 3.26. The highest BCUT2D eigenvalue weighted by Gasteiger charge is 2.16. The first-order valence-electron chi connectivity index (χ1n) is 2.80. The van der Waals surface area contributed by atoms with Crippen molar-refractivity contribution in [3.05, 3.63) is 26.6 Å². The van der Waals surface area contributed by atoms with E-state index >= 15 is 0 Å². The molecule has 0 amide bonds. The molecule has 0 saturated carbocycles. The molecular weight excluding hydrogens is 164 g/mol. The Kier molecular flexibility index (Phi) is 1.87. The van der Waals surface area contributed by atoms with Gasteiger partial charge in [-0.25, -0.2) is 0 Å². The van der Waals surface area contributed by atoms with Gasteiger partial charge in [-0.15, -0.1) is 0 Å². The molecule has 0 atom stereocenters. The Morgan fingerprint density at radius 2 is 2.45 bits per heavy atom. The minimum atomic E-state index is -0.532. The van der Waals surface area contributed by atoms with Crippen LogP contribution in [0.1, 0.15) is 10.4 Å². The summed E-state index contributed by atoms with van der Waals surface area (Å²) < 4.78 is 0. The van der Waals surface area contributed by atoms with E-state index in [9.17, 15) is 10.1 Å². The molecule has 0 bridgehead atoms. The molecule has 0 aliphatic carbocycles. The molecule has 0 saturated heterocycles. The van der Waals surface area contributed by atoms with Crippen molar-refractivity contribution in [1.82, 2.24) is 0 Å². The van der Waals surface area contributed by atoms with Gasteiger partial charge in [-0.1, -0.05) is 11.3 Å². The maximum Gasteiger partial charge on any atom is 0.342 e. The fraction of sp³-hybridized carbons (Fsp3) is 0.167. The molecular formula is C6H4N2O2S. The Morgan fingerprint density at radius 3 is 2.82 bits per heavy atom. The Morgan fingerprint density at radius 1 is 1.82 bits per heavy atom. The number of aryl methyl sites for hydroxylation is 1. The summed E-state index contributed by atoms with van der Waals surface area (Å²) in [4.78, 5) is 10.5. The van der Waals surface area contributed by atoms with Gasteiger partial charge in [0.2, 0.25) is 0 Å². The van der Waals surface area contributed by atoms with Crippen molar-refractivity contribution in [2.24, 2.45) is 0 Å². The first-order valence-corrected chi connectivity index (χ1v) is 3.61. The summed E-state index contributed by atoms with van der Waals surface area (Å²) in [5, 5.41) is 18.6. The van der Waals surface area contributed by atoms with E-state index in [0.717, 1.165) is 16.2 Å². The fourth-order valence-electron chi connectivity index (χ4n) is 0.718. The predicted molar refractivity (Wildman–Crippen MR) is 40.4 cm³/mol. The van der Waals surface area contributed by atoms with Crippen molar-refractivity contribution in [2.45, 2.75) is 6.92 Å². The van der Waals surface area contributed by atoms with Crippen LogP contribution in [-0.2, 0) is 0 Å². The highest BCUT2D eigenvalue weighted by atomic mass is 32.1. The van der Waals surface area contributed by atoms with Crippen LogP contribution < -0.4 is 0 Å². The van der Waals surface area contributed by atoms with Gasteiger partial charge in [0.15, 0.2) is 0 Å². The fourth-order valence-corrected chi connectivity index (χ4v) is 1.49. The van der Waals surface area contributed by atoms with Crippen LogP contribution in [0.3, 0.4) is 0 Å². The third-order valence-corrected chi connectivity index (χ3v) is 2.12. The van der Waals surface area contributed by atoms with E-state index in [1.54, 1.807) is 13.0 Å². The van der Waals surface area contributed by atoms with Crippen molar-refractivity contribution in [3.63, 3.8) is 0 Å². The topological polar surface area (TPSA) is 66.9 Å². The van der Waals surface area contributed by atoms with E-state index in [1.165, 1.54) is 6.07 Å². The summed E-state index contributed by atoms with van der Waals surface area (Å²) in [5.74, 6) is 0. The van der Waals surface area contributed by atoms with Crippen LogP contribution in [0.2, 0.25) is 0 Å². The molecule has 0 aliphatic heterocycles. The SMILES string of the molecule is Cc1cc(C#N)c([N+](=O)[O-])s1. The van der Waals surface area contributed by atoms with E-state index < -0.39 is 4.92 Å². The molecule has 0 radical (unpaired) electrons. The molecule has 0 fully saturated rings. The number of nitro groups is 1. The normalized spacial score (nSPS) is 9.09. The third kappa shape index (κ3) is 1.36. The summed E-state index contributed by atoms with van der Waals surface area (Å²) in [6.07, 6.45) is 0. The molecule has 0 aromatic carbocycles. The number of rotatable bonds is 1. The second kappa shape index (κ2) is 2.68. The number of hydrogen-bond acceptors (Lipinski definition) is 4. The van der Waals surface area contributed by atoms with Crippen LogP contribution in [-0.4, -0.2) is 4.92 Å². The van der Waals surface area contributed by atoms with Gasteiger partial charge in [-0.05, 0) is 13.0 Å². The molecule has 5 heteroatoms. The van der Waals surface area contributed by atoms with E-state index in [-0.39, 0.29) is 10.6 Å². The van der Waals surface area contributed by atoms with Crippen LogP contribution in [0.25, 0.3) is 0 Å². The van der Waals surface area contributed by atoms with Crippen molar-refractivity contribution in [2.75, 3.05) is 0 Å². The number of nitrogens with zero attached hydrogens (tertiary/aromatic N) is 2. The van der Waals surface area contributed by atoms with Gasteiger partial charge in [0.05, 0.1) is 4.92 Å². The number of thiophene rings is 1. The Hall–Kier alpha value is -1.41. The molecule has 0 unspecified atom stereocenters. The van der Waals surface area contributed by atoms with Gasteiger partial charge in [0, 0.05) is 4.88 Å². The molecule has 0 N–H and O–H groups in total. The molecule has 1 heterocycles. The monoisotopic (exact) mass is 168 g/mol. The summed E-state index contributed by atoms with van der Waals surface area (Å²) in [7, 11) is 0. The summed E-state index contributed by atoms with van der Waals surface area (Å²) in [5.41, 5.74) is 0.150. The predicted octanol–water partition coefficient (Wildman–Crippen LogP) is 1.84. The molecule has 1 aromatic rings. The maximum absolute atomic E-state index is 10.3. The van der Waals surface area contributed by atoms with Crippen LogP contribution in [0.15, 0.2) is 6.07 Å². The molecule has 0 spiro atoms. The number of hydrogen-bond donors (Lipinski definition) is 0. The Labute approximate surface area is 66.8 Å². The van der Waals surface area contributed by atoms with Crippen LogP contribution in [0.4, 0.5) is 5.00 Å². The van der Waals surface area contributed by atoms with Gasteiger partial charge in [0.1, 0.15) is 11.6 Å². The first kappa shape index (κ1) is 7.69. The average molecular weight is 168 g/mol. The van der Waals surface area contributed by atoms with Crippen LogP contribution in [0.5, 0.6) is 0 Å². The van der Waals surface area contributed by atoms with Gasteiger partial charge >= 0.3 is 5.00 Å². The summed E-state index contributed by atoms with van der Waals surface area (Å²) >= 11 is 1.03. The zero-order chi connectivity index (χ0) is 8.43. The molecule has 4 nitrogen and oxygen atoms in total. The van der Waals surface area contributed by atoms with Crippen molar-refractivity contribution < 1.29 is 4.92 Å². The molecule has 1 aromatic heterocycles. The van der Waals surface area contributed by atoms with Crippen LogP contribution >= 0.6 is 11.3 Å². The van der Waals surface area contributed by atoms with E-state index in [1.807, 2.05) is 0 Å². The lowest BCUT2D eigenvalue weighted by molar-refractivity contribution is -0.380. The largest absolute Gasteiger partial charge is 0.342 e. The Bertz CT molecular complexity index is 337. The smallest absolute Gasteiger partial charge is 0.258 e. The van der Waals surface area contributed by atoms with Crippen molar-refractivity contribution in [3.8, 4) is 6.07 Å². The zero-order valence-corrected chi connectivity index (χ0v) is 6.51. The lowest BCUT2D eigenvalue weighted by atomic mass is 10.3. The third-order valence-electron chi connectivity index (χ3n) is 1.12. The van der Waals surface area contributed by atoms with Crippen molar-refractivity contribution >= 4 is 16.3 Å². The first-order chi connectivity index (χ1) is 5.15. The van der Waals surface area contributed by atoms with E-state index in [2.05, 4.69) is 0 Å². The lowest BCUT2D eigenvalue weighted by Crippen LogP contribution is -1.85. The molecule has 0 aliphatic rings. The van der Waals surface area contributed by atoms with E-state index in [4.69, 9.17) is 5.26 Å². The summed E-state index contributed by atoms with van der Waals surface area (Å²) in [6.45, 7) is 1.73. The second-order valence-corrected chi connectivity index (χ2v) is 3.18. The molecule has 1 rings (SSSR count). The summed E-state index contributed by atoms with van der Waals surface area (Å²) in [6, 6.07) is 3.28.